The molecule has 1 unspecified atom stereocenters. The summed E-state index contributed by atoms with van der Waals surface area (Å²) >= 11 is 0. The smallest absolute Gasteiger partial charge is 0.303 e. The molecule has 0 bridgehead atoms. The molecule has 1 atom stereocenters. The van der Waals surface area contributed by atoms with Crippen molar-refractivity contribution in [2.24, 2.45) is 5.92 Å². The topological polar surface area (TPSA) is 29.0 Å². The lowest BCUT2D eigenvalue weighted by atomic mass is 9.93. The standard InChI is InChI=1S/C13H18F3N3/c1-10(13(14,15)16)8-19-6-3-11(4-7-19)12-2-5-17-9-18-12/h2,5,9-11H,3-4,6-8H2,1H3. The molecule has 1 fully saturated rings. The summed E-state index contributed by atoms with van der Waals surface area (Å²) < 4.78 is 37.5. The van der Waals surface area contributed by atoms with Crippen LogP contribution in [0.25, 0.3) is 0 Å². The van der Waals surface area contributed by atoms with Gasteiger partial charge in [-0.25, -0.2) is 9.97 Å². The fourth-order valence-corrected chi connectivity index (χ4v) is 2.44. The van der Waals surface area contributed by atoms with Gasteiger partial charge in [0.05, 0.1) is 5.92 Å². The lowest BCUT2D eigenvalue weighted by Gasteiger charge is -2.33. The lowest BCUT2D eigenvalue weighted by Crippen LogP contribution is -2.39. The van der Waals surface area contributed by atoms with Gasteiger partial charge < -0.3 is 4.90 Å². The van der Waals surface area contributed by atoms with Gasteiger partial charge in [0.1, 0.15) is 6.33 Å². The van der Waals surface area contributed by atoms with Crippen molar-refractivity contribution < 1.29 is 13.2 Å². The maximum Gasteiger partial charge on any atom is 0.392 e. The molecule has 0 spiro atoms. The summed E-state index contributed by atoms with van der Waals surface area (Å²) in [7, 11) is 0. The molecule has 6 heteroatoms. The Morgan fingerprint density at radius 1 is 1.37 bits per heavy atom. The van der Waals surface area contributed by atoms with Gasteiger partial charge in [0.2, 0.25) is 0 Å². The Kier molecular flexibility index (Phi) is 4.39. The molecule has 106 valence electrons. The van der Waals surface area contributed by atoms with Crippen LogP contribution in [-0.2, 0) is 0 Å². The number of nitrogens with zero attached hydrogens (tertiary/aromatic N) is 3. The van der Waals surface area contributed by atoms with Crippen LogP contribution in [0.5, 0.6) is 0 Å². The highest BCUT2D eigenvalue weighted by molar-refractivity contribution is 5.07. The number of hydrogen-bond acceptors (Lipinski definition) is 3. The highest BCUT2D eigenvalue weighted by Crippen LogP contribution is 2.30. The van der Waals surface area contributed by atoms with E-state index in [1.807, 2.05) is 11.0 Å². The SMILES string of the molecule is CC(CN1CCC(c2ccncn2)CC1)C(F)(F)F. The molecule has 1 aromatic rings. The molecule has 1 aliphatic rings. The normalized spacial score (nSPS) is 20.4. The first kappa shape index (κ1) is 14.2. The molecular formula is C13H18F3N3. The summed E-state index contributed by atoms with van der Waals surface area (Å²) in [5.74, 6) is -0.913. The molecule has 0 radical (unpaired) electrons. The van der Waals surface area contributed by atoms with E-state index in [-0.39, 0.29) is 6.54 Å². The second-order valence-electron chi connectivity index (χ2n) is 5.15. The first-order valence-electron chi connectivity index (χ1n) is 6.52. The van der Waals surface area contributed by atoms with Gasteiger partial charge in [0, 0.05) is 24.4 Å². The number of rotatable bonds is 3. The van der Waals surface area contributed by atoms with Crippen molar-refractivity contribution in [1.82, 2.24) is 14.9 Å². The van der Waals surface area contributed by atoms with Gasteiger partial charge in [0.15, 0.2) is 0 Å². The third-order valence-corrected chi connectivity index (χ3v) is 3.70. The molecule has 0 aliphatic carbocycles. The highest BCUT2D eigenvalue weighted by atomic mass is 19.4. The van der Waals surface area contributed by atoms with Crippen molar-refractivity contribution in [2.75, 3.05) is 19.6 Å². The molecule has 1 saturated heterocycles. The quantitative estimate of drug-likeness (QED) is 0.848. The van der Waals surface area contributed by atoms with Gasteiger partial charge in [-0.05, 0) is 32.0 Å². The first-order valence-corrected chi connectivity index (χ1v) is 6.52. The van der Waals surface area contributed by atoms with Crippen LogP contribution in [0.3, 0.4) is 0 Å². The Morgan fingerprint density at radius 2 is 2.05 bits per heavy atom. The Balaban J connectivity index is 1.83. The van der Waals surface area contributed by atoms with Gasteiger partial charge in [-0.1, -0.05) is 6.92 Å². The van der Waals surface area contributed by atoms with Crippen LogP contribution in [0.15, 0.2) is 18.6 Å². The van der Waals surface area contributed by atoms with Crippen molar-refractivity contribution in [3.05, 3.63) is 24.3 Å². The highest BCUT2D eigenvalue weighted by Gasteiger charge is 2.37. The van der Waals surface area contributed by atoms with Crippen molar-refractivity contribution >= 4 is 0 Å². The Morgan fingerprint density at radius 3 is 2.58 bits per heavy atom. The van der Waals surface area contributed by atoms with Crippen LogP contribution >= 0.6 is 0 Å². The molecule has 0 aromatic carbocycles. The number of piperidine rings is 1. The second kappa shape index (κ2) is 5.86. The van der Waals surface area contributed by atoms with E-state index in [0.717, 1.165) is 18.5 Å². The van der Waals surface area contributed by atoms with E-state index in [0.29, 0.717) is 19.0 Å². The van der Waals surface area contributed by atoms with Gasteiger partial charge >= 0.3 is 6.18 Å². The van der Waals surface area contributed by atoms with Crippen molar-refractivity contribution in [2.45, 2.75) is 31.9 Å². The number of hydrogen-bond donors (Lipinski definition) is 0. The maximum atomic E-state index is 12.5. The Labute approximate surface area is 110 Å². The van der Waals surface area contributed by atoms with E-state index in [9.17, 15) is 13.2 Å². The monoisotopic (exact) mass is 273 g/mol. The average molecular weight is 273 g/mol. The molecular weight excluding hydrogens is 255 g/mol. The molecule has 0 N–H and O–H groups in total. The van der Waals surface area contributed by atoms with Crippen LogP contribution < -0.4 is 0 Å². The zero-order valence-corrected chi connectivity index (χ0v) is 10.9. The number of halogens is 3. The zero-order valence-electron chi connectivity index (χ0n) is 10.9. The van der Waals surface area contributed by atoms with Crippen LogP contribution in [0, 0.1) is 5.92 Å². The third kappa shape index (κ3) is 3.89. The van der Waals surface area contributed by atoms with E-state index >= 15 is 0 Å². The summed E-state index contributed by atoms with van der Waals surface area (Å²) in [6.45, 7) is 2.75. The molecule has 1 aliphatic heterocycles. The summed E-state index contributed by atoms with van der Waals surface area (Å²) in [5.41, 5.74) is 0.999. The van der Waals surface area contributed by atoms with Crippen LogP contribution in [0.4, 0.5) is 13.2 Å². The Hall–Kier alpha value is -1.17. The van der Waals surface area contributed by atoms with E-state index in [4.69, 9.17) is 0 Å². The third-order valence-electron chi connectivity index (χ3n) is 3.70. The minimum absolute atomic E-state index is 0.0972. The minimum atomic E-state index is -4.09. The van der Waals surface area contributed by atoms with E-state index in [1.165, 1.54) is 13.3 Å². The van der Waals surface area contributed by atoms with Gasteiger partial charge in [-0.3, -0.25) is 0 Å². The molecule has 19 heavy (non-hydrogen) atoms. The molecule has 0 amide bonds. The Bertz CT molecular complexity index is 386. The maximum absolute atomic E-state index is 12.5. The molecule has 1 aromatic heterocycles. The molecule has 0 saturated carbocycles. The summed E-state index contributed by atoms with van der Waals surface area (Å²) in [6.07, 6.45) is 0.862. The van der Waals surface area contributed by atoms with Gasteiger partial charge in [-0.15, -0.1) is 0 Å². The summed E-state index contributed by atoms with van der Waals surface area (Å²) in [5, 5.41) is 0. The van der Waals surface area contributed by atoms with E-state index < -0.39 is 12.1 Å². The predicted octanol–water partition coefficient (Wildman–Crippen LogP) is 2.85. The number of alkyl halides is 3. The molecule has 3 nitrogen and oxygen atoms in total. The van der Waals surface area contributed by atoms with Crippen molar-refractivity contribution in [3.63, 3.8) is 0 Å². The van der Waals surface area contributed by atoms with Crippen molar-refractivity contribution in [3.8, 4) is 0 Å². The summed E-state index contributed by atoms with van der Waals surface area (Å²) in [4.78, 5) is 9.99. The van der Waals surface area contributed by atoms with Gasteiger partial charge in [0.25, 0.3) is 0 Å². The lowest BCUT2D eigenvalue weighted by molar-refractivity contribution is -0.174. The zero-order chi connectivity index (χ0) is 13.9. The first-order chi connectivity index (χ1) is 8.97. The van der Waals surface area contributed by atoms with Crippen LogP contribution in [0.2, 0.25) is 0 Å². The number of aromatic nitrogens is 2. The van der Waals surface area contributed by atoms with E-state index in [1.54, 1.807) is 6.20 Å². The fraction of sp³-hybridized carbons (Fsp3) is 0.692. The molecule has 2 rings (SSSR count). The van der Waals surface area contributed by atoms with Crippen LogP contribution in [-0.4, -0.2) is 40.7 Å². The summed E-state index contributed by atoms with van der Waals surface area (Å²) in [6, 6.07) is 1.89. The predicted molar refractivity (Wildman–Crippen MR) is 65.7 cm³/mol. The van der Waals surface area contributed by atoms with Gasteiger partial charge in [-0.2, -0.15) is 13.2 Å². The largest absolute Gasteiger partial charge is 0.392 e. The second-order valence-corrected chi connectivity index (χ2v) is 5.15. The molecule has 2 heterocycles. The van der Waals surface area contributed by atoms with Crippen molar-refractivity contribution in [1.29, 1.82) is 0 Å². The van der Waals surface area contributed by atoms with E-state index in [2.05, 4.69) is 9.97 Å². The fourth-order valence-electron chi connectivity index (χ4n) is 2.44. The van der Waals surface area contributed by atoms with Crippen LogP contribution in [0.1, 0.15) is 31.4 Å². The number of likely N-dealkylation sites (tertiary alicyclic amines) is 1. The minimum Gasteiger partial charge on any atom is -0.303 e. The average Bonchev–Trinajstić information content (AvgIpc) is 2.39.